The van der Waals surface area contributed by atoms with Gasteiger partial charge in [0, 0.05) is 0 Å². The second kappa shape index (κ2) is 2.67. The third-order valence-corrected chi connectivity index (χ3v) is 1.34. The van der Waals surface area contributed by atoms with Crippen molar-refractivity contribution in [3.8, 4) is 0 Å². The van der Waals surface area contributed by atoms with Gasteiger partial charge in [0.1, 0.15) is 0 Å². The maximum atomic E-state index is 9.61. The van der Waals surface area contributed by atoms with E-state index in [2.05, 4.69) is 5.48 Å². The van der Waals surface area contributed by atoms with Crippen molar-refractivity contribution in [1.82, 2.24) is 5.48 Å². The molecule has 0 bridgehead atoms. The maximum Gasteiger partial charge on any atom is 0.230 e. The van der Waals surface area contributed by atoms with Gasteiger partial charge >= 0.3 is 0 Å². The van der Waals surface area contributed by atoms with E-state index < -0.39 is 0 Å². The molecule has 1 saturated carbocycles. The molecule has 0 unspecified atom stereocenters. The lowest BCUT2D eigenvalue weighted by Gasteiger charge is -2.23. The molecule has 0 aliphatic heterocycles. The van der Waals surface area contributed by atoms with E-state index in [4.69, 9.17) is 4.84 Å². The average molecular weight is 115 g/mol. The zero-order valence-corrected chi connectivity index (χ0v) is 4.59. The molecule has 8 heavy (non-hydrogen) atoms. The Labute approximate surface area is 48.0 Å². The van der Waals surface area contributed by atoms with Gasteiger partial charge in [-0.25, -0.2) is 5.48 Å². The molecule has 0 atom stereocenters. The van der Waals surface area contributed by atoms with Gasteiger partial charge in [-0.15, -0.1) is 0 Å². The van der Waals surface area contributed by atoms with Crippen molar-refractivity contribution in [3.63, 3.8) is 0 Å². The minimum absolute atomic E-state index is 0.292. The number of carbonyl (C=O) groups excluding carboxylic acids is 1. The lowest BCUT2D eigenvalue weighted by Crippen LogP contribution is -2.28. The topological polar surface area (TPSA) is 38.3 Å². The largest absolute Gasteiger partial charge is 0.277 e. The Morgan fingerprint density at radius 3 is 2.75 bits per heavy atom. The fraction of sp³-hybridized carbons (Fsp3) is 0.800. The predicted octanol–water partition coefficient (Wildman–Crippen LogP) is 0.216. The van der Waals surface area contributed by atoms with Crippen LogP contribution in [0.5, 0.6) is 0 Å². The van der Waals surface area contributed by atoms with E-state index in [-0.39, 0.29) is 0 Å². The van der Waals surface area contributed by atoms with Crippen molar-refractivity contribution in [1.29, 1.82) is 0 Å². The van der Waals surface area contributed by atoms with Crippen molar-refractivity contribution in [2.24, 2.45) is 0 Å². The Morgan fingerprint density at radius 1 is 1.62 bits per heavy atom. The first-order valence-corrected chi connectivity index (χ1v) is 2.78. The first-order chi connectivity index (χ1) is 3.93. The predicted molar refractivity (Wildman–Crippen MR) is 27.9 cm³/mol. The molecular weight excluding hydrogens is 106 g/mol. The van der Waals surface area contributed by atoms with Crippen LogP contribution in [0, 0.1) is 0 Å². The van der Waals surface area contributed by atoms with Crippen LogP contribution >= 0.6 is 0 Å². The Morgan fingerprint density at radius 2 is 2.38 bits per heavy atom. The molecule has 0 heterocycles. The van der Waals surface area contributed by atoms with Gasteiger partial charge in [-0.05, 0) is 19.3 Å². The van der Waals surface area contributed by atoms with E-state index in [0.29, 0.717) is 12.5 Å². The molecule has 46 valence electrons. The summed E-state index contributed by atoms with van der Waals surface area (Å²) in [4.78, 5) is 14.4. The summed E-state index contributed by atoms with van der Waals surface area (Å²) in [7, 11) is 0. The summed E-state index contributed by atoms with van der Waals surface area (Å²) >= 11 is 0. The molecule has 1 fully saturated rings. The molecule has 0 aromatic rings. The molecular formula is C5H9NO2. The van der Waals surface area contributed by atoms with Crippen LogP contribution in [0.4, 0.5) is 0 Å². The van der Waals surface area contributed by atoms with Crippen LogP contribution in [-0.2, 0) is 9.63 Å². The molecule has 3 heteroatoms. The Hall–Kier alpha value is -0.570. The van der Waals surface area contributed by atoms with Gasteiger partial charge in [0.25, 0.3) is 0 Å². The maximum absolute atomic E-state index is 9.61. The number of hydrogen-bond acceptors (Lipinski definition) is 2. The molecule has 0 saturated heterocycles. The highest BCUT2D eigenvalue weighted by Crippen LogP contribution is 2.20. The highest BCUT2D eigenvalue weighted by atomic mass is 16.7. The smallest absolute Gasteiger partial charge is 0.230 e. The van der Waals surface area contributed by atoms with E-state index in [0.717, 1.165) is 12.8 Å². The molecule has 1 aliphatic rings. The summed E-state index contributed by atoms with van der Waals surface area (Å²) in [6.45, 7) is 0. The van der Waals surface area contributed by atoms with Crippen molar-refractivity contribution in [2.45, 2.75) is 25.4 Å². The van der Waals surface area contributed by atoms with Crippen molar-refractivity contribution < 1.29 is 9.63 Å². The third kappa shape index (κ3) is 1.20. The number of carbonyl (C=O) groups is 1. The summed E-state index contributed by atoms with van der Waals surface area (Å²) in [5, 5.41) is 0. The number of rotatable bonds is 3. The number of nitrogens with one attached hydrogen (secondary N) is 1. The van der Waals surface area contributed by atoms with E-state index >= 15 is 0 Å². The van der Waals surface area contributed by atoms with Gasteiger partial charge in [0.05, 0.1) is 6.10 Å². The lowest BCUT2D eigenvalue weighted by molar-refractivity contribution is -0.130. The number of hydrogen-bond donors (Lipinski definition) is 1. The Balaban J connectivity index is 1.93. The van der Waals surface area contributed by atoms with Gasteiger partial charge in [-0.2, -0.15) is 0 Å². The Bertz CT molecular complexity index is 80.5. The zero-order valence-electron chi connectivity index (χ0n) is 4.59. The molecule has 3 nitrogen and oxygen atoms in total. The SMILES string of the molecule is O=CNOC1CCC1. The summed E-state index contributed by atoms with van der Waals surface area (Å²) < 4.78 is 0. The average Bonchev–Trinajstić information content (AvgIpc) is 1.63. The monoisotopic (exact) mass is 115 g/mol. The van der Waals surface area contributed by atoms with Crippen LogP contribution in [0.2, 0.25) is 0 Å². The number of amides is 1. The standard InChI is InChI=1S/C5H9NO2/c7-4-6-8-5-2-1-3-5/h4-5H,1-3H2,(H,6,7). The van der Waals surface area contributed by atoms with Crippen LogP contribution in [0.15, 0.2) is 0 Å². The lowest BCUT2D eigenvalue weighted by atomic mass is 9.97. The number of hydroxylamine groups is 1. The van der Waals surface area contributed by atoms with Gasteiger partial charge in [0.2, 0.25) is 6.41 Å². The minimum Gasteiger partial charge on any atom is -0.277 e. The first-order valence-electron chi connectivity index (χ1n) is 2.78. The fourth-order valence-corrected chi connectivity index (χ4v) is 0.613. The van der Waals surface area contributed by atoms with Crippen LogP contribution in [0.3, 0.4) is 0 Å². The Kier molecular flexibility index (Phi) is 1.86. The second-order valence-corrected chi connectivity index (χ2v) is 1.91. The van der Waals surface area contributed by atoms with E-state index in [1.807, 2.05) is 0 Å². The summed E-state index contributed by atoms with van der Waals surface area (Å²) in [5.41, 5.74) is 2.17. The third-order valence-electron chi connectivity index (χ3n) is 1.34. The van der Waals surface area contributed by atoms with Gasteiger partial charge in [0.15, 0.2) is 0 Å². The molecule has 1 rings (SSSR count). The van der Waals surface area contributed by atoms with E-state index in [9.17, 15) is 4.79 Å². The molecule has 0 aromatic heterocycles. The van der Waals surface area contributed by atoms with E-state index in [1.165, 1.54) is 6.42 Å². The molecule has 1 amide bonds. The van der Waals surface area contributed by atoms with Gasteiger partial charge < -0.3 is 0 Å². The zero-order chi connectivity index (χ0) is 5.82. The van der Waals surface area contributed by atoms with Crippen molar-refractivity contribution in [3.05, 3.63) is 0 Å². The molecule has 0 aromatic carbocycles. The first kappa shape index (κ1) is 5.56. The molecule has 1 aliphatic carbocycles. The minimum atomic E-state index is 0.292. The summed E-state index contributed by atoms with van der Waals surface area (Å²) in [6.07, 6.45) is 4.24. The van der Waals surface area contributed by atoms with Crippen LogP contribution in [0.1, 0.15) is 19.3 Å². The van der Waals surface area contributed by atoms with Crippen LogP contribution in [-0.4, -0.2) is 12.5 Å². The van der Waals surface area contributed by atoms with Gasteiger partial charge in [-0.3, -0.25) is 9.63 Å². The van der Waals surface area contributed by atoms with Crippen molar-refractivity contribution in [2.75, 3.05) is 0 Å². The highest BCUT2D eigenvalue weighted by Gasteiger charge is 2.17. The van der Waals surface area contributed by atoms with Crippen LogP contribution < -0.4 is 5.48 Å². The van der Waals surface area contributed by atoms with E-state index in [1.54, 1.807) is 0 Å². The van der Waals surface area contributed by atoms with Crippen LogP contribution in [0.25, 0.3) is 0 Å². The molecule has 0 radical (unpaired) electrons. The van der Waals surface area contributed by atoms with Gasteiger partial charge in [-0.1, -0.05) is 0 Å². The molecule has 1 N–H and O–H groups in total. The highest BCUT2D eigenvalue weighted by molar-refractivity contribution is 5.43. The summed E-state index contributed by atoms with van der Waals surface area (Å²) in [6, 6.07) is 0. The van der Waals surface area contributed by atoms with Crippen molar-refractivity contribution >= 4 is 6.41 Å². The fourth-order valence-electron chi connectivity index (χ4n) is 0.613. The molecule has 0 spiro atoms. The second-order valence-electron chi connectivity index (χ2n) is 1.91. The quantitative estimate of drug-likeness (QED) is 0.422. The normalized spacial score (nSPS) is 19.5. The summed E-state index contributed by atoms with van der Waals surface area (Å²) in [5.74, 6) is 0.